The van der Waals surface area contributed by atoms with Crippen molar-refractivity contribution >= 4 is 15.0 Å². The highest BCUT2D eigenvalue weighted by molar-refractivity contribution is 6.87. The van der Waals surface area contributed by atoms with Crippen LogP contribution < -0.4 is 5.23 Å². The molecule has 19 valence electrons. The minimum absolute atomic E-state index is 1.38. The second kappa shape index (κ2) is 3.09. The topological polar surface area (TPSA) is 12.0 Å². The Balaban J connectivity index is 1.97. The molecule has 1 N–H and O–H groups in total. The molecule has 0 saturated carbocycles. The molecule has 0 aromatic rings. The largest absolute Gasteiger partial charge is 0.372 e. The fourth-order valence-electron chi connectivity index (χ4n) is 0. The molecule has 1 nitrogen and oxygen atoms in total. The summed E-state index contributed by atoms with van der Waals surface area (Å²) in [5, 5.41) is 2.58. The van der Waals surface area contributed by atoms with Gasteiger partial charge in [0.05, 0.1) is 0 Å². The van der Waals surface area contributed by atoms with Gasteiger partial charge in [0, 0.05) is 7.74 Å². The molecule has 3 radical (unpaired) electrons. The minimum atomic E-state index is 1.38. The molecule has 0 fully saturated rings. The van der Waals surface area contributed by atoms with Crippen LogP contribution in [0.3, 0.4) is 0 Å². The van der Waals surface area contributed by atoms with Gasteiger partial charge in [-0.1, -0.05) is 0 Å². The van der Waals surface area contributed by atoms with E-state index in [-0.39, 0.29) is 0 Å². The molecular formula is CH4B2N. The molecule has 0 aliphatic rings. The van der Waals surface area contributed by atoms with Crippen molar-refractivity contribution in [2.75, 3.05) is 7.05 Å². The summed E-state index contributed by atoms with van der Waals surface area (Å²) < 4.78 is 0. The lowest BCUT2D eigenvalue weighted by Gasteiger charge is -1.73. The number of hydrogen-bond acceptors (Lipinski definition) is 1. The lowest BCUT2D eigenvalue weighted by molar-refractivity contribution is 1.27. The standard InChI is InChI=1S/CH4B2N/c1-4-3-2/h4H,1H3. The average molecular weight is 51.7 g/mol. The Morgan fingerprint density at radius 3 is 2.25 bits per heavy atom. The third-order valence-electron chi connectivity index (χ3n) is 0.167. The van der Waals surface area contributed by atoms with Gasteiger partial charge in [-0.15, -0.1) is 0 Å². The SMILES string of the molecule is [B][B]NC. The van der Waals surface area contributed by atoms with Crippen LogP contribution in [0.2, 0.25) is 0 Å². The first-order valence-corrected chi connectivity index (χ1v) is 1.12. The highest BCUT2D eigenvalue weighted by atomic mass is 14.7. The van der Waals surface area contributed by atoms with E-state index in [1.54, 1.807) is 7.05 Å². The zero-order valence-electron chi connectivity index (χ0n) is 2.65. The van der Waals surface area contributed by atoms with Crippen LogP contribution in [0, 0.1) is 0 Å². The summed E-state index contributed by atoms with van der Waals surface area (Å²) in [4.78, 5) is 0. The molecule has 3 heteroatoms. The molecule has 0 aliphatic heterocycles. The quantitative estimate of drug-likeness (QED) is 0.373. The lowest BCUT2D eigenvalue weighted by atomic mass is 9.68. The first-order chi connectivity index (χ1) is 1.91. The van der Waals surface area contributed by atoms with Crippen molar-refractivity contribution in [1.29, 1.82) is 0 Å². The smallest absolute Gasteiger partial charge is 0.144 e. The highest BCUT2D eigenvalue weighted by Crippen LogP contribution is 1.16. The predicted octanol–water partition coefficient (Wildman–Crippen LogP) is -1.09. The molecule has 0 heterocycles. The van der Waals surface area contributed by atoms with Gasteiger partial charge in [-0.25, -0.2) is 0 Å². The van der Waals surface area contributed by atoms with Crippen molar-refractivity contribution in [2.24, 2.45) is 0 Å². The van der Waals surface area contributed by atoms with Gasteiger partial charge < -0.3 is 5.23 Å². The van der Waals surface area contributed by atoms with Gasteiger partial charge >= 0.3 is 0 Å². The van der Waals surface area contributed by atoms with Gasteiger partial charge in [-0.2, -0.15) is 0 Å². The fourth-order valence-corrected chi connectivity index (χ4v) is 0. The molecule has 0 rings (SSSR count). The van der Waals surface area contributed by atoms with Gasteiger partial charge in [0.1, 0.15) is 7.31 Å². The van der Waals surface area contributed by atoms with Gasteiger partial charge in [-0.3, -0.25) is 0 Å². The zero-order chi connectivity index (χ0) is 3.41. The number of nitrogens with one attached hydrogen (secondary N) is 1. The van der Waals surface area contributed by atoms with E-state index in [1.807, 2.05) is 0 Å². The second-order valence-electron chi connectivity index (χ2n) is 0.455. The van der Waals surface area contributed by atoms with Crippen molar-refractivity contribution in [2.45, 2.75) is 0 Å². The molecule has 0 atom stereocenters. The van der Waals surface area contributed by atoms with Crippen LogP contribution in [0.4, 0.5) is 0 Å². The van der Waals surface area contributed by atoms with E-state index < -0.39 is 0 Å². The molecular weight excluding hydrogens is 47.6 g/mol. The number of rotatable bonds is 1. The van der Waals surface area contributed by atoms with E-state index in [0.717, 1.165) is 0 Å². The molecule has 0 aromatic heterocycles. The summed E-state index contributed by atoms with van der Waals surface area (Å²) in [5.41, 5.74) is 0. The maximum absolute atomic E-state index is 4.79. The van der Waals surface area contributed by atoms with E-state index in [1.165, 1.54) is 7.31 Å². The fraction of sp³-hybridized carbons (Fsp3) is 1.00. The second-order valence-corrected chi connectivity index (χ2v) is 0.455. The summed E-state index contributed by atoms with van der Waals surface area (Å²) >= 11 is 0. The average Bonchev–Trinajstić information content (AvgIpc) is 1.37. The molecule has 0 aliphatic carbocycles. The lowest BCUT2D eigenvalue weighted by Crippen LogP contribution is -2.11. The summed E-state index contributed by atoms with van der Waals surface area (Å²) in [6, 6.07) is 0. The van der Waals surface area contributed by atoms with Gasteiger partial charge in [-0.05, 0) is 7.05 Å². The summed E-state index contributed by atoms with van der Waals surface area (Å²) in [7, 11) is 7.92. The van der Waals surface area contributed by atoms with Crippen molar-refractivity contribution in [3.63, 3.8) is 0 Å². The molecule has 0 amide bonds. The normalized spacial score (nSPS) is 6.25. The Morgan fingerprint density at radius 2 is 2.25 bits per heavy atom. The molecule has 4 heavy (non-hydrogen) atoms. The highest BCUT2D eigenvalue weighted by Gasteiger charge is 1.56. The van der Waals surface area contributed by atoms with Crippen LogP contribution in [0.25, 0.3) is 0 Å². The minimum Gasteiger partial charge on any atom is -0.372 e. The Morgan fingerprint density at radius 1 is 2.00 bits per heavy atom. The Labute approximate surface area is 28.4 Å². The van der Waals surface area contributed by atoms with Crippen LogP contribution in [-0.4, -0.2) is 22.1 Å². The van der Waals surface area contributed by atoms with Crippen molar-refractivity contribution in [3.8, 4) is 0 Å². The molecule has 0 spiro atoms. The van der Waals surface area contributed by atoms with E-state index in [2.05, 4.69) is 5.23 Å². The maximum Gasteiger partial charge on any atom is 0.144 e. The van der Waals surface area contributed by atoms with E-state index >= 15 is 0 Å². The van der Waals surface area contributed by atoms with E-state index in [9.17, 15) is 0 Å². The van der Waals surface area contributed by atoms with Crippen LogP contribution >= 0.6 is 0 Å². The molecule has 0 unspecified atom stereocenters. The molecule has 0 aromatic carbocycles. The van der Waals surface area contributed by atoms with Gasteiger partial charge in [0.15, 0.2) is 0 Å². The molecule has 0 bridgehead atoms. The van der Waals surface area contributed by atoms with Gasteiger partial charge in [0.2, 0.25) is 0 Å². The summed E-state index contributed by atoms with van der Waals surface area (Å²) in [6.07, 6.45) is 0. The summed E-state index contributed by atoms with van der Waals surface area (Å²) in [5.74, 6) is 0. The Bertz CT molecular complexity index is 8.00. The van der Waals surface area contributed by atoms with E-state index in [4.69, 9.17) is 7.74 Å². The monoisotopic (exact) mass is 52.1 g/mol. The molecule has 0 saturated heterocycles. The van der Waals surface area contributed by atoms with Crippen LogP contribution in [0.1, 0.15) is 0 Å². The number of hydrogen-bond donors (Lipinski definition) is 1. The van der Waals surface area contributed by atoms with Crippen molar-refractivity contribution < 1.29 is 0 Å². The van der Waals surface area contributed by atoms with E-state index in [0.29, 0.717) is 0 Å². The third kappa shape index (κ3) is 2.09. The van der Waals surface area contributed by atoms with Crippen molar-refractivity contribution in [3.05, 3.63) is 0 Å². The zero-order valence-corrected chi connectivity index (χ0v) is 2.65. The first-order valence-electron chi connectivity index (χ1n) is 1.12. The van der Waals surface area contributed by atoms with Crippen molar-refractivity contribution in [1.82, 2.24) is 5.23 Å². The van der Waals surface area contributed by atoms with Crippen LogP contribution in [-0.2, 0) is 0 Å². The van der Waals surface area contributed by atoms with Crippen LogP contribution in [0.15, 0.2) is 0 Å². The first kappa shape index (κ1) is 4.09. The Hall–Kier alpha value is 0.0899. The summed E-state index contributed by atoms with van der Waals surface area (Å²) in [6.45, 7) is 0. The maximum atomic E-state index is 4.79. The Kier molecular flexibility index (Phi) is 3.16. The van der Waals surface area contributed by atoms with Gasteiger partial charge in [0.25, 0.3) is 0 Å². The predicted molar refractivity (Wildman–Crippen MR) is 20.6 cm³/mol. The van der Waals surface area contributed by atoms with Crippen LogP contribution in [0.5, 0.6) is 0 Å². The third-order valence-corrected chi connectivity index (χ3v) is 0.167.